The molecular weight excluding hydrogens is 226 g/mol. The highest BCUT2D eigenvalue weighted by molar-refractivity contribution is 5.85. The third-order valence-electron chi connectivity index (χ3n) is 2.74. The Kier molecular flexibility index (Phi) is 4.74. The third kappa shape index (κ3) is 4.29. The van der Waals surface area contributed by atoms with Crippen LogP contribution in [0.25, 0.3) is 0 Å². The maximum absolute atomic E-state index is 11.7. The van der Waals surface area contributed by atoms with E-state index >= 15 is 0 Å². The number of amides is 3. The SMILES string of the molecule is NC(=O)CN(C(=O)NCC(=O)O)C1CCCC1. The molecule has 1 saturated carbocycles. The summed E-state index contributed by atoms with van der Waals surface area (Å²) in [6.45, 7) is -0.628. The van der Waals surface area contributed by atoms with Crippen molar-refractivity contribution < 1.29 is 19.5 Å². The first-order chi connectivity index (χ1) is 8.00. The number of urea groups is 1. The highest BCUT2D eigenvalue weighted by atomic mass is 16.4. The molecule has 3 amide bonds. The Balaban J connectivity index is 2.57. The average molecular weight is 243 g/mol. The lowest BCUT2D eigenvalue weighted by Crippen LogP contribution is -2.49. The van der Waals surface area contributed by atoms with Crippen LogP contribution in [-0.4, -0.2) is 47.0 Å². The Morgan fingerprint density at radius 1 is 1.29 bits per heavy atom. The van der Waals surface area contributed by atoms with Crippen LogP contribution in [-0.2, 0) is 9.59 Å². The van der Waals surface area contributed by atoms with Gasteiger partial charge in [0.1, 0.15) is 13.1 Å². The Morgan fingerprint density at radius 2 is 1.88 bits per heavy atom. The van der Waals surface area contributed by atoms with Gasteiger partial charge in [-0.1, -0.05) is 12.8 Å². The van der Waals surface area contributed by atoms with Crippen LogP contribution in [0, 0.1) is 0 Å². The van der Waals surface area contributed by atoms with Gasteiger partial charge >= 0.3 is 12.0 Å². The van der Waals surface area contributed by atoms with Gasteiger partial charge in [-0.2, -0.15) is 0 Å². The molecule has 0 aromatic heterocycles. The van der Waals surface area contributed by atoms with Crippen molar-refractivity contribution in [3.63, 3.8) is 0 Å². The van der Waals surface area contributed by atoms with Crippen molar-refractivity contribution in [1.82, 2.24) is 10.2 Å². The number of hydrogen-bond donors (Lipinski definition) is 3. The van der Waals surface area contributed by atoms with E-state index in [2.05, 4.69) is 5.32 Å². The summed E-state index contributed by atoms with van der Waals surface area (Å²) >= 11 is 0. The zero-order chi connectivity index (χ0) is 12.8. The Hall–Kier alpha value is -1.79. The number of carbonyl (C=O) groups excluding carboxylic acids is 2. The molecule has 0 aromatic carbocycles. The van der Waals surface area contributed by atoms with Crippen LogP contribution in [0.15, 0.2) is 0 Å². The summed E-state index contributed by atoms with van der Waals surface area (Å²) in [6.07, 6.45) is 3.67. The molecule has 1 fully saturated rings. The molecule has 0 aromatic rings. The first kappa shape index (κ1) is 13.3. The topological polar surface area (TPSA) is 113 Å². The van der Waals surface area contributed by atoms with Gasteiger partial charge in [0.15, 0.2) is 0 Å². The molecule has 7 nitrogen and oxygen atoms in total. The van der Waals surface area contributed by atoms with Crippen LogP contribution < -0.4 is 11.1 Å². The van der Waals surface area contributed by atoms with Crippen molar-refractivity contribution in [2.75, 3.05) is 13.1 Å². The van der Waals surface area contributed by atoms with Gasteiger partial charge in [0.25, 0.3) is 0 Å². The van der Waals surface area contributed by atoms with Gasteiger partial charge in [0, 0.05) is 6.04 Å². The van der Waals surface area contributed by atoms with Crippen molar-refractivity contribution in [2.45, 2.75) is 31.7 Å². The van der Waals surface area contributed by atoms with E-state index in [-0.39, 0.29) is 12.6 Å². The Morgan fingerprint density at radius 3 is 2.35 bits per heavy atom. The molecule has 0 aliphatic heterocycles. The summed E-state index contributed by atoms with van der Waals surface area (Å²) in [4.78, 5) is 34.3. The summed E-state index contributed by atoms with van der Waals surface area (Å²) in [5, 5.41) is 10.7. The van der Waals surface area contributed by atoms with Gasteiger partial charge < -0.3 is 21.1 Å². The largest absolute Gasteiger partial charge is 0.480 e. The van der Waals surface area contributed by atoms with Gasteiger partial charge in [-0.15, -0.1) is 0 Å². The second-order valence-corrected chi connectivity index (χ2v) is 4.08. The second-order valence-electron chi connectivity index (χ2n) is 4.08. The number of carboxylic acid groups (broad SMARTS) is 1. The number of rotatable bonds is 5. The lowest BCUT2D eigenvalue weighted by Gasteiger charge is -2.27. The number of nitrogens with one attached hydrogen (secondary N) is 1. The maximum Gasteiger partial charge on any atom is 0.323 e. The average Bonchev–Trinajstić information content (AvgIpc) is 2.75. The van der Waals surface area contributed by atoms with E-state index in [9.17, 15) is 14.4 Å². The molecule has 4 N–H and O–H groups in total. The lowest BCUT2D eigenvalue weighted by atomic mass is 10.2. The molecule has 0 spiro atoms. The number of nitrogens with two attached hydrogens (primary N) is 1. The number of hydrogen-bond acceptors (Lipinski definition) is 3. The summed E-state index contributed by atoms with van der Waals surface area (Å²) < 4.78 is 0. The van der Waals surface area contributed by atoms with E-state index in [1.54, 1.807) is 0 Å². The van der Waals surface area contributed by atoms with Gasteiger partial charge in [0.05, 0.1) is 0 Å². The minimum atomic E-state index is -1.12. The van der Waals surface area contributed by atoms with Crippen LogP contribution in [0.1, 0.15) is 25.7 Å². The number of carbonyl (C=O) groups is 3. The molecule has 17 heavy (non-hydrogen) atoms. The van der Waals surface area contributed by atoms with E-state index in [0.29, 0.717) is 0 Å². The third-order valence-corrected chi connectivity index (χ3v) is 2.74. The van der Waals surface area contributed by atoms with E-state index in [0.717, 1.165) is 25.7 Å². The quantitative estimate of drug-likeness (QED) is 0.604. The second kappa shape index (κ2) is 6.07. The van der Waals surface area contributed by atoms with Gasteiger partial charge in [0.2, 0.25) is 5.91 Å². The summed E-state index contributed by atoms with van der Waals surface area (Å²) in [6, 6.07) is -0.561. The fourth-order valence-corrected chi connectivity index (χ4v) is 2.00. The number of primary amides is 1. The minimum absolute atomic E-state index is 0.0173. The molecule has 7 heteroatoms. The van der Waals surface area contributed by atoms with Gasteiger partial charge in [-0.3, -0.25) is 9.59 Å². The maximum atomic E-state index is 11.7. The molecular formula is C10H17N3O4. The van der Waals surface area contributed by atoms with Crippen LogP contribution in [0.2, 0.25) is 0 Å². The molecule has 0 radical (unpaired) electrons. The molecule has 1 aliphatic rings. The Bertz CT molecular complexity index is 313. The molecule has 1 rings (SSSR count). The fraction of sp³-hybridized carbons (Fsp3) is 0.700. The number of carboxylic acids is 1. The van der Waals surface area contributed by atoms with E-state index in [4.69, 9.17) is 10.8 Å². The van der Waals surface area contributed by atoms with Crippen molar-refractivity contribution >= 4 is 17.9 Å². The molecule has 0 unspecified atom stereocenters. The van der Waals surface area contributed by atoms with Crippen LogP contribution in [0.5, 0.6) is 0 Å². The van der Waals surface area contributed by atoms with E-state index in [1.807, 2.05) is 0 Å². The standard InChI is InChI=1S/C10H17N3O4/c11-8(14)6-13(7-3-1-2-4-7)10(17)12-5-9(15)16/h7H,1-6H2,(H2,11,14)(H,12,17)(H,15,16). The molecule has 0 saturated heterocycles. The van der Waals surface area contributed by atoms with Crippen molar-refractivity contribution in [2.24, 2.45) is 5.73 Å². The monoisotopic (exact) mass is 243 g/mol. The van der Waals surface area contributed by atoms with Gasteiger partial charge in [-0.25, -0.2) is 4.79 Å². The van der Waals surface area contributed by atoms with Crippen molar-refractivity contribution in [3.05, 3.63) is 0 Å². The predicted molar refractivity (Wildman–Crippen MR) is 59.2 cm³/mol. The Labute approximate surface area is 98.9 Å². The minimum Gasteiger partial charge on any atom is -0.480 e. The first-order valence-corrected chi connectivity index (χ1v) is 5.55. The zero-order valence-electron chi connectivity index (χ0n) is 9.52. The highest BCUT2D eigenvalue weighted by Crippen LogP contribution is 2.23. The fourth-order valence-electron chi connectivity index (χ4n) is 2.00. The molecule has 0 heterocycles. The molecule has 0 bridgehead atoms. The first-order valence-electron chi connectivity index (χ1n) is 5.55. The zero-order valence-corrected chi connectivity index (χ0v) is 9.52. The van der Waals surface area contributed by atoms with Crippen LogP contribution >= 0.6 is 0 Å². The lowest BCUT2D eigenvalue weighted by molar-refractivity contribution is -0.135. The van der Waals surface area contributed by atoms with Crippen LogP contribution in [0.4, 0.5) is 4.79 Å². The highest BCUT2D eigenvalue weighted by Gasteiger charge is 2.27. The van der Waals surface area contributed by atoms with E-state index in [1.165, 1.54) is 4.90 Å². The summed E-state index contributed by atoms with van der Waals surface area (Å²) in [5.74, 6) is -1.72. The smallest absolute Gasteiger partial charge is 0.323 e. The van der Waals surface area contributed by atoms with E-state index < -0.39 is 24.5 Å². The predicted octanol–water partition coefficient (Wildman–Crippen LogP) is -0.490. The summed E-state index contributed by atoms with van der Waals surface area (Å²) in [7, 11) is 0. The molecule has 96 valence electrons. The van der Waals surface area contributed by atoms with Gasteiger partial charge in [-0.05, 0) is 12.8 Å². The normalized spacial score (nSPS) is 15.5. The van der Waals surface area contributed by atoms with Crippen molar-refractivity contribution in [1.29, 1.82) is 0 Å². The molecule has 0 atom stereocenters. The van der Waals surface area contributed by atoms with Crippen LogP contribution in [0.3, 0.4) is 0 Å². The number of aliphatic carboxylic acids is 1. The number of nitrogens with zero attached hydrogens (tertiary/aromatic N) is 1. The van der Waals surface area contributed by atoms with Crippen molar-refractivity contribution in [3.8, 4) is 0 Å². The summed E-state index contributed by atoms with van der Waals surface area (Å²) in [5.41, 5.74) is 5.08. The molecule has 1 aliphatic carbocycles.